The molecule has 1 fully saturated rings. The summed E-state index contributed by atoms with van der Waals surface area (Å²) < 4.78 is 12.4. The van der Waals surface area contributed by atoms with Crippen LogP contribution in [0, 0.1) is 0 Å². The first-order valence-electron chi connectivity index (χ1n) is 9.64. The van der Waals surface area contributed by atoms with Gasteiger partial charge in [0.25, 0.3) is 0 Å². The van der Waals surface area contributed by atoms with E-state index in [9.17, 15) is 5.11 Å². The van der Waals surface area contributed by atoms with Crippen molar-refractivity contribution < 1.29 is 14.6 Å². The number of ether oxygens (including phenoxy) is 2. The van der Waals surface area contributed by atoms with Gasteiger partial charge in [0.1, 0.15) is 6.10 Å². The van der Waals surface area contributed by atoms with Crippen LogP contribution in [-0.4, -0.2) is 56.6 Å². The summed E-state index contributed by atoms with van der Waals surface area (Å²) in [6.07, 6.45) is 1.87. The van der Waals surface area contributed by atoms with Crippen LogP contribution in [0.4, 0.5) is 0 Å². The Morgan fingerprint density at radius 2 is 2.30 bits per heavy atom. The molecular formula is C20H29N3O3S. The molecule has 2 atom stereocenters. The van der Waals surface area contributed by atoms with Gasteiger partial charge in [-0.3, -0.25) is 4.99 Å². The summed E-state index contributed by atoms with van der Waals surface area (Å²) in [6, 6.07) is 10.2. The average molecular weight is 392 g/mol. The van der Waals surface area contributed by atoms with Crippen molar-refractivity contribution in [1.82, 2.24) is 10.6 Å². The number of benzene rings is 1. The van der Waals surface area contributed by atoms with Gasteiger partial charge in [-0.2, -0.15) is 0 Å². The minimum atomic E-state index is -0.603. The summed E-state index contributed by atoms with van der Waals surface area (Å²) >= 11 is 1.61. The Hall–Kier alpha value is -1.67. The molecule has 0 saturated carbocycles. The van der Waals surface area contributed by atoms with Crippen LogP contribution in [0.2, 0.25) is 0 Å². The summed E-state index contributed by atoms with van der Waals surface area (Å²) in [5, 5.41) is 18.1. The lowest BCUT2D eigenvalue weighted by Gasteiger charge is -2.14. The third-order valence-corrected chi connectivity index (χ3v) is 5.62. The van der Waals surface area contributed by atoms with E-state index in [2.05, 4.69) is 27.8 Å². The molecule has 2 unspecified atom stereocenters. The zero-order chi connectivity index (χ0) is 18.9. The Balaban J connectivity index is 1.44. The van der Waals surface area contributed by atoms with Crippen LogP contribution < -0.4 is 10.6 Å². The van der Waals surface area contributed by atoms with Crippen molar-refractivity contribution in [3.8, 4) is 0 Å². The van der Waals surface area contributed by atoms with E-state index >= 15 is 0 Å². The molecule has 0 aliphatic carbocycles. The van der Waals surface area contributed by atoms with Crippen LogP contribution in [0.1, 0.15) is 30.7 Å². The van der Waals surface area contributed by atoms with E-state index in [-0.39, 0.29) is 6.10 Å². The number of nitrogens with zero attached hydrogens (tertiary/aromatic N) is 1. The van der Waals surface area contributed by atoms with Gasteiger partial charge in [0.05, 0.1) is 25.9 Å². The Bertz CT molecular complexity index is 695. The van der Waals surface area contributed by atoms with Crippen molar-refractivity contribution in [2.75, 3.05) is 39.5 Å². The second kappa shape index (κ2) is 10.6. The van der Waals surface area contributed by atoms with Gasteiger partial charge in [0.15, 0.2) is 5.96 Å². The van der Waals surface area contributed by atoms with Gasteiger partial charge >= 0.3 is 0 Å². The molecule has 2 aromatic rings. The van der Waals surface area contributed by atoms with E-state index in [0.29, 0.717) is 32.3 Å². The topological polar surface area (TPSA) is 75.1 Å². The molecule has 0 spiro atoms. The van der Waals surface area contributed by atoms with Gasteiger partial charge in [-0.1, -0.05) is 18.2 Å². The second-order valence-electron chi connectivity index (χ2n) is 6.56. The molecule has 27 heavy (non-hydrogen) atoms. The number of guanidine groups is 1. The molecule has 3 N–H and O–H groups in total. The first kappa shape index (κ1) is 20.1. The van der Waals surface area contributed by atoms with E-state index in [4.69, 9.17) is 9.47 Å². The minimum absolute atomic E-state index is 0.253. The van der Waals surface area contributed by atoms with Gasteiger partial charge in [-0.15, -0.1) is 11.3 Å². The Kier molecular flexibility index (Phi) is 7.89. The average Bonchev–Trinajstić information content (AvgIpc) is 3.34. The summed E-state index contributed by atoms with van der Waals surface area (Å²) in [6.45, 7) is 5.88. The highest BCUT2D eigenvalue weighted by atomic mass is 32.1. The van der Waals surface area contributed by atoms with Crippen molar-refractivity contribution in [1.29, 1.82) is 0 Å². The van der Waals surface area contributed by atoms with Crippen LogP contribution in [0.25, 0.3) is 10.1 Å². The van der Waals surface area contributed by atoms with Crippen molar-refractivity contribution in [2.45, 2.75) is 32.0 Å². The second-order valence-corrected chi connectivity index (χ2v) is 7.67. The fourth-order valence-corrected chi connectivity index (χ4v) is 4.05. The van der Waals surface area contributed by atoms with Gasteiger partial charge in [-0.25, -0.2) is 0 Å². The fraction of sp³-hybridized carbons (Fsp3) is 0.550. The predicted octanol–water partition coefficient (Wildman–Crippen LogP) is 2.69. The highest BCUT2D eigenvalue weighted by molar-refractivity contribution is 7.19. The predicted molar refractivity (Wildman–Crippen MR) is 111 cm³/mol. The van der Waals surface area contributed by atoms with E-state index in [1.165, 1.54) is 4.70 Å². The largest absolute Gasteiger partial charge is 0.386 e. The third-order valence-electron chi connectivity index (χ3n) is 4.41. The highest BCUT2D eigenvalue weighted by Crippen LogP contribution is 2.29. The number of aliphatic hydroxyl groups is 1. The van der Waals surface area contributed by atoms with Crippen molar-refractivity contribution in [3.05, 3.63) is 35.2 Å². The lowest BCUT2D eigenvalue weighted by molar-refractivity contribution is 0.0191. The van der Waals surface area contributed by atoms with Gasteiger partial charge in [0.2, 0.25) is 0 Å². The van der Waals surface area contributed by atoms with Gasteiger partial charge in [-0.05, 0) is 37.3 Å². The van der Waals surface area contributed by atoms with Gasteiger partial charge < -0.3 is 25.2 Å². The third kappa shape index (κ3) is 6.17. The summed E-state index contributed by atoms with van der Waals surface area (Å²) in [7, 11) is 0. The molecule has 2 heterocycles. The Morgan fingerprint density at radius 3 is 3.07 bits per heavy atom. The number of hydrogen-bond donors (Lipinski definition) is 3. The maximum atomic E-state index is 10.5. The van der Waals surface area contributed by atoms with Crippen LogP contribution in [0.3, 0.4) is 0 Å². The number of fused-ring (bicyclic) bond motifs is 1. The van der Waals surface area contributed by atoms with E-state index in [1.54, 1.807) is 11.3 Å². The highest BCUT2D eigenvalue weighted by Gasteiger charge is 2.15. The maximum Gasteiger partial charge on any atom is 0.191 e. The molecule has 1 aliphatic rings. The molecule has 148 valence electrons. The first-order valence-corrected chi connectivity index (χ1v) is 10.5. The SMILES string of the molecule is CCNC(=NCC(O)c1cc2ccccc2s1)NCCOCC1CCCO1. The molecule has 0 amide bonds. The molecule has 1 aromatic carbocycles. The van der Waals surface area contributed by atoms with Crippen LogP contribution in [0.15, 0.2) is 35.3 Å². The summed E-state index contributed by atoms with van der Waals surface area (Å²) in [4.78, 5) is 5.45. The van der Waals surface area contributed by atoms with E-state index in [0.717, 1.165) is 36.3 Å². The molecule has 1 aromatic heterocycles. The number of aliphatic imine (C=N–C) groups is 1. The normalized spacial score (nSPS) is 18.7. The Labute approximate surface area is 164 Å². The molecule has 6 nitrogen and oxygen atoms in total. The van der Waals surface area contributed by atoms with E-state index < -0.39 is 6.10 Å². The molecular weight excluding hydrogens is 362 g/mol. The van der Waals surface area contributed by atoms with Crippen molar-refractivity contribution >= 4 is 27.4 Å². The zero-order valence-electron chi connectivity index (χ0n) is 15.8. The lowest BCUT2D eigenvalue weighted by Crippen LogP contribution is -2.39. The zero-order valence-corrected chi connectivity index (χ0v) is 16.6. The molecule has 0 bridgehead atoms. The van der Waals surface area contributed by atoms with E-state index in [1.807, 2.05) is 25.1 Å². The lowest BCUT2D eigenvalue weighted by atomic mass is 10.2. The quantitative estimate of drug-likeness (QED) is 0.348. The number of thiophene rings is 1. The summed E-state index contributed by atoms with van der Waals surface area (Å²) in [5.41, 5.74) is 0. The van der Waals surface area contributed by atoms with Crippen LogP contribution in [0.5, 0.6) is 0 Å². The number of hydrogen-bond acceptors (Lipinski definition) is 5. The molecule has 3 rings (SSSR count). The maximum absolute atomic E-state index is 10.5. The van der Waals surface area contributed by atoms with Crippen LogP contribution >= 0.6 is 11.3 Å². The number of nitrogens with one attached hydrogen (secondary N) is 2. The molecule has 1 aliphatic heterocycles. The Morgan fingerprint density at radius 1 is 1.41 bits per heavy atom. The fourth-order valence-electron chi connectivity index (χ4n) is 3.01. The van der Waals surface area contributed by atoms with Crippen molar-refractivity contribution in [2.24, 2.45) is 4.99 Å². The molecule has 7 heteroatoms. The van der Waals surface area contributed by atoms with Crippen LogP contribution in [-0.2, 0) is 9.47 Å². The monoisotopic (exact) mass is 391 g/mol. The van der Waals surface area contributed by atoms with Gasteiger partial charge in [0, 0.05) is 29.3 Å². The summed E-state index contributed by atoms with van der Waals surface area (Å²) in [5.74, 6) is 0.693. The number of aliphatic hydroxyl groups excluding tert-OH is 1. The van der Waals surface area contributed by atoms with Crippen molar-refractivity contribution in [3.63, 3.8) is 0 Å². The molecule has 0 radical (unpaired) electrons. The standard InChI is InChI=1S/C20H29N3O3S/c1-2-21-20(22-9-11-25-14-16-7-5-10-26-16)23-13-17(24)19-12-15-6-3-4-8-18(15)27-19/h3-4,6,8,12,16-17,24H,2,5,7,9-11,13-14H2,1H3,(H2,21,22,23). The first-order chi connectivity index (χ1) is 13.3. The minimum Gasteiger partial charge on any atom is -0.386 e. The molecule has 1 saturated heterocycles. The number of rotatable bonds is 9. The smallest absolute Gasteiger partial charge is 0.191 e.